The minimum absolute atomic E-state index is 0.161. The molecule has 0 bridgehead atoms. The number of halogens is 2. The molecule has 0 atom stereocenters. The summed E-state index contributed by atoms with van der Waals surface area (Å²) in [5.41, 5.74) is -0.695. The molecule has 0 spiro atoms. The Morgan fingerprint density at radius 3 is 1.92 bits per heavy atom. The first-order valence-corrected chi connectivity index (χ1v) is 8.40. The summed E-state index contributed by atoms with van der Waals surface area (Å²) in [5.74, 6) is -10.2. The lowest BCUT2D eigenvalue weighted by Crippen LogP contribution is -2.66. The Hall–Kier alpha value is -1.45. The van der Waals surface area contributed by atoms with E-state index in [4.69, 9.17) is 23.2 Å². The molecule has 25 heavy (non-hydrogen) atoms. The fourth-order valence-electron chi connectivity index (χ4n) is 2.41. The van der Waals surface area contributed by atoms with Crippen LogP contribution in [0.25, 0.3) is 0 Å². The molecule has 0 radical (unpaired) electrons. The highest BCUT2D eigenvalue weighted by molar-refractivity contribution is 7.99. The highest BCUT2D eigenvalue weighted by Gasteiger charge is 2.63. The van der Waals surface area contributed by atoms with E-state index in [9.17, 15) is 30.0 Å². The van der Waals surface area contributed by atoms with Gasteiger partial charge in [0, 0.05) is 20.9 Å². The van der Waals surface area contributed by atoms with Crippen LogP contribution in [-0.2, 0) is 0 Å². The topological polar surface area (TPSA) is 115 Å². The van der Waals surface area contributed by atoms with Crippen molar-refractivity contribution < 1.29 is 30.0 Å². The summed E-state index contributed by atoms with van der Waals surface area (Å²) in [6.45, 7) is 0. The molecular formula is C16H10Cl2O6S. The zero-order valence-corrected chi connectivity index (χ0v) is 14.6. The molecule has 9 heteroatoms. The number of Topliss-reactive ketones (excluding diaryl/α,β-unsaturated/α-hetero) is 2. The van der Waals surface area contributed by atoms with Crippen molar-refractivity contribution in [1.29, 1.82) is 0 Å². The molecule has 2 aromatic rings. The van der Waals surface area contributed by atoms with Gasteiger partial charge in [0.15, 0.2) is 0 Å². The molecule has 0 aromatic heterocycles. The minimum atomic E-state index is -3.68. The van der Waals surface area contributed by atoms with Gasteiger partial charge >= 0.3 is 0 Å². The number of hydrogen-bond acceptors (Lipinski definition) is 7. The number of benzene rings is 2. The zero-order chi connectivity index (χ0) is 18.6. The molecule has 0 saturated carbocycles. The average molecular weight is 401 g/mol. The smallest absolute Gasteiger partial charge is 0.292 e. The van der Waals surface area contributed by atoms with Crippen molar-refractivity contribution in [3.8, 4) is 0 Å². The van der Waals surface area contributed by atoms with Crippen molar-refractivity contribution in [1.82, 2.24) is 0 Å². The molecule has 0 aliphatic heterocycles. The maximum absolute atomic E-state index is 12.4. The molecule has 1 aliphatic carbocycles. The normalized spacial score (nSPS) is 18.2. The summed E-state index contributed by atoms with van der Waals surface area (Å²) in [7, 11) is 0. The number of ketones is 2. The predicted molar refractivity (Wildman–Crippen MR) is 90.0 cm³/mol. The third kappa shape index (κ3) is 2.69. The van der Waals surface area contributed by atoms with Crippen LogP contribution in [0.3, 0.4) is 0 Å². The molecule has 0 fully saturated rings. The monoisotopic (exact) mass is 400 g/mol. The van der Waals surface area contributed by atoms with E-state index in [0.717, 1.165) is 11.8 Å². The first-order chi connectivity index (χ1) is 11.6. The van der Waals surface area contributed by atoms with E-state index in [1.54, 1.807) is 18.2 Å². The molecule has 4 N–H and O–H groups in total. The Morgan fingerprint density at radius 1 is 0.800 bits per heavy atom. The number of hydrogen-bond donors (Lipinski definition) is 4. The van der Waals surface area contributed by atoms with Gasteiger partial charge in [0.05, 0.1) is 10.0 Å². The minimum Gasteiger partial charge on any atom is -0.355 e. The molecule has 1 aliphatic rings. The van der Waals surface area contributed by atoms with Crippen LogP contribution in [0, 0.1) is 0 Å². The molecule has 3 rings (SSSR count). The summed E-state index contributed by atoms with van der Waals surface area (Å²) in [4.78, 5) is 25.2. The standard InChI is InChI=1S/C16H10Cl2O6S/c17-8-4-2-5-9(18)12(8)25-10-6-1-3-7-11(10)14(20)16(23,24)15(21,22)13(7)19/h1-6,21-24H. The first-order valence-electron chi connectivity index (χ1n) is 6.83. The molecule has 6 nitrogen and oxygen atoms in total. The van der Waals surface area contributed by atoms with Gasteiger partial charge in [-0.1, -0.05) is 53.2 Å². The lowest BCUT2D eigenvalue weighted by atomic mass is 9.80. The van der Waals surface area contributed by atoms with Gasteiger partial charge in [0.2, 0.25) is 11.6 Å². The Labute approximate surface area is 155 Å². The van der Waals surface area contributed by atoms with Gasteiger partial charge in [-0.25, -0.2) is 0 Å². The number of aliphatic hydroxyl groups is 4. The summed E-state index contributed by atoms with van der Waals surface area (Å²) in [6, 6.07) is 8.83. The Kier molecular flexibility index (Phi) is 4.45. The molecule has 0 heterocycles. The molecule has 0 amide bonds. The van der Waals surface area contributed by atoms with E-state index in [0.29, 0.717) is 14.9 Å². The average Bonchev–Trinajstić information content (AvgIpc) is 2.55. The maximum atomic E-state index is 12.4. The zero-order valence-electron chi connectivity index (χ0n) is 12.2. The van der Waals surface area contributed by atoms with Gasteiger partial charge in [-0.15, -0.1) is 0 Å². The fraction of sp³-hybridized carbons (Fsp3) is 0.125. The van der Waals surface area contributed by atoms with E-state index < -0.39 is 23.1 Å². The van der Waals surface area contributed by atoms with Crippen LogP contribution in [0.15, 0.2) is 46.2 Å². The fourth-order valence-corrected chi connectivity index (χ4v) is 4.04. The van der Waals surface area contributed by atoms with Crippen molar-refractivity contribution in [2.75, 3.05) is 0 Å². The summed E-state index contributed by atoms with van der Waals surface area (Å²) in [5, 5.41) is 39.6. The molecule has 2 aromatic carbocycles. The van der Waals surface area contributed by atoms with Crippen LogP contribution >= 0.6 is 35.0 Å². The molecule has 0 saturated heterocycles. The van der Waals surface area contributed by atoms with Crippen LogP contribution in [0.4, 0.5) is 0 Å². The summed E-state index contributed by atoms with van der Waals surface area (Å²) in [6.07, 6.45) is 0. The van der Waals surface area contributed by atoms with E-state index in [-0.39, 0.29) is 16.0 Å². The molecule has 0 unspecified atom stereocenters. The van der Waals surface area contributed by atoms with E-state index in [1.165, 1.54) is 18.2 Å². The maximum Gasteiger partial charge on any atom is 0.292 e. The quantitative estimate of drug-likeness (QED) is 0.568. The first kappa shape index (κ1) is 18.3. The third-order valence-corrected chi connectivity index (χ3v) is 5.81. The van der Waals surface area contributed by atoms with Crippen molar-refractivity contribution in [3.63, 3.8) is 0 Å². The predicted octanol–water partition coefficient (Wildman–Crippen LogP) is 1.89. The van der Waals surface area contributed by atoms with Crippen LogP contribution in [0.1, 0.15) is 20.7 Å². The lowest BCUT2D eigenvalue weighted by Gasteiger charge is -2.37. The van der Waals surface area contributed by atoms with Crippen LogP contribution in [0.5, 0.6) is 0 Å². The summed E-state index contributed by atoms with van der Waals surface area (Å²) < 4.78 is 0. The van der Waals surface area contributed by atoms with Gasteiger partial charge in [0.25, 0.3) is 11.6 Å². The van der Waals surface area contributed by atoms with Gasteiger partial charge in [-0.3, -0.25) is 9.59 Å². The highest BCUT2D eigenvalue weighted by atomic mass is 35.5. The van der Waals surface area contributed by atoms with E-state index >= 15 is 0 Å². The second kappa shape index (κ2) is 6.07. The van der Waals surface area contributed by atoms with Crippen LogP contribution < -0.4 is 0 Å². The number of fused-ring (bicyclic) bond motifs is 1. The highest BCUT2D eigenvalue weighted by Crippen LogP contribution is 2.43. The number of carbonyl (C=O) groups is 2. The van der Waals surface area contributed by atoms with Crippen LogP contribution in [-0.4, -0.2) is 43.6 Å². The van der Waals surface area contributed by atoms with E-state index in [2.05, 4.69) is 0 Å². The van der Waals surface area contributed by atoms with Crippen molar-refractivity contribution in [2.24, 2.45) is 0 Å². The van der Waals surface area contributed by atoms with Gasteiger partial charge < -0.3 is 20.4 Å². The van der Waals surface area contributed by atoms with Crippen LogP contribution in [0.2, 0.25) is 10.0 Å². The van der Waals surface area contributed by atoms with Gasteiger partial charge in [-0.2, -0.15) is 0 Å². The molecular weight excluding hydrogens is 391 g/mol. The SMILES string of the molecule is O=C1c2cccc(Sc3c(Cl)cccc3Cl)c2C(=O)C(O)(O)C1(O)O. The second-order valence-corrected chi connectivity index (χ2v) is 7.20. The number of carbonyl (C=O) groups excluding carboxylic acids is 2. The second-order valence-electron chi connectivity index (χ2n) is 5.33. The van der Waals surface area contributed by atoms with E-state index in [1.807, 2.05) is 0 Å². The van der Waals surface area contributed by atoms with Gasteiger partial charge in [0.1, 0.15) is 0 Å². The Bertz CT molecular complexity index is 889. The number of rotatable bonds is 2. The van der Waals surface area contributed by atoms with Crippen molar-refractivity contribution in [3.05, 3.63) is 57.6 Å². The van der Waals surface area contributed by atoms with Gasteiger partial charge in [-0.05, 0) is 18.2 Å². The Balaban J connectivity index is 2.20. The lowest BCUT2D eigenvalue weighted by molar-refractivity contribution is -0.299. The molecule has 130 valence electrons. The summed E-state index contributed by atoms with van der Waals surface area (Å²) >= 11 is 13.1. The largest absolute Gasteiger partial charge is 0.355 e. The third-order valence-electron chi connectivity index (χ3n) is 3.75. The van der Waals surface area contributed by atoms with Crippen molar-refractivity contribution >= 4 is 46.5 Å². The Morgan fingerprint density at radius 2 is 1.32 bits per heavy atom. The van der Waals surface area contributed by atoms with Crippen molar-refractivity contribution in [2.45, 2.75) is 21.4 Å².